The van der Waals surface area contributed by atoms with Gasteiger partial charge in [0.25, 0.3) is 0 Å². The van der Waals surface area contributed by atoms with Crippen LogP contribution in [0.2, 0.25) is 0 Å². The fourth-order valence-corrected chi connectivity index (χ4v) is 1.74. The first-order chi connectivity index (χ1) is 9.26. The average Bonchev–Trinajstić information content (AvgIpc) is 2.48. The molecule has 0 fully saturated rings. The van der Waals surface area contributed by atoms with Crippen molar-refractivity contribution in [3.05, 3.63) is 53.6 Å². The van der Waals surface area contributed by atoms with E-state index >= 15 is 0 Å². The minimum Gasteiger partial charge on any atom is -0.493 e. The molecule has 19 heavy (non-hydrogen) atoms. The van der Waals surface area contributed by atoms with Crippen LogP contribution in [-0.2, 0) is 6.42 Å². The van der Waals surface area contributed by atoms with Crippen molar-refractivity contribution in [3.8, 4) is 23.3 Å². The predicted molar refractivity (Wildman–Crippen MR) is 73.6 cm³/mol. The second kappa shape index (κ2) is 5.92. The Morgan fingerprint density at radius 1 is 1.05 bits per heavy atom. The van der Waals surface area contributed by atoms with Crippen molar-refractivity contribution in [2.24, 2.45) is 0 Å². The number of hydrogen-bond acceptors (Lipinski definition) is 3. The molecular weight excluding hydrogens is 238 g/mol. The van der Waals surface area contributed by atoms with Crippen LogP contribution >= 0.6 is 0 Å². The highest BCUT2D eigenvalue weighted by atomic mass is 16.5. The first kappa shape index (κ1) is 13.0. The number of rotatable bonds is 4. The maximum atomic E-state index is 8.75. The summed E-state index contributed by atoms with van der Waals surface area (Å²) in [6, 6.07) is 14.9. The van der Waals surface area contributed by atoms with Crippen LogP contribution in [0.15, 0.2) is 42.5 Å². The van der Waals surface area contributed by atoms with Gasteiger partial charge in [-0.1, -0.05) is 13.0 Å². The van der Waals surface area contributed by atoms with Gasteiger partial charge < -0.3 is 9.47 Å². The highest BCUT2D eigenvalue weighted by molar-refractivity contribution is 5.46. The number of nitrogens with zero attached hydrogens (tertiary/aromatic N) is 1. The first-order valence-corrected chi connectivity index (χ1v) is 6.11. The van der Waals surface area contributed by atoms with E-state index < -0.39 is 0 Å². The molecule has 0 amide bonds. The lowest BCUT2D eigenvalue weighted by atomic mass is 10.1. The van der Waals surface area contributed by atoms with Gasteiger partial charge in [-0.3, -0.25) is 0 Å². The van der Waals surface area contributed by atoms with Crippen LogP contribution in [0.1, 0.15) is 18.1 Å². The Morgan fingerprint density at radius 2 is 1.79 bits per heavy atom. The Morgan fingerprint density at radius 3 is 2.37 bits per heavy atom. The molecule has 0 aliphatic heterocycles. The number of nitriles is 1. The number of aryl methyl sites for hydroxylation is 1. The Bertz CT molecular complexity index is 597. The highest BCUT2D eigenvalue weighted by Gasteiger charge is 2.06. The average molecular weight is 253 g/mol. The van der Waals surface area contributed by atoms with Gasteiger partial charge in [0.05, 0.1) is 18.7 Å². The Balaban J connectivity index is 2.24. The summed E-state index contributed by atoms with van der Waals surface area (Å²) in [7, 11) is 1.63. The van der Waals surface area contributed by atoms with E-state index in [0.29, 0.717) is 22.8 Å². The third-order valence-corrected chi connectivity index (χ3v) is 2.85. The van der Waals surface area contributed by atoms with E-state index in [-0.39, 0.29) is 0 Å². The van der Waals surface area contributed by atoms with Crippen molar-refractivity contribution in [3.63, 3.8) is 0 Å². The first-order valence-electron chi connectivity index (χ1n) is 6.11. The van der Waals surface area contributed by atoms with Crippen molar-refractivity contribution in [2.75, 3.05) is 7.11 Å². The van der Waals surface area contributed by atoms with E-state index in [2.05, 4.69) is 13.0 Å². The molecular formula is C16H15NO2. The lowest BCUT2D eigenvalue weighted by molar-refractivity contribution is 0.378. The van der Waals surface area contributed by atoms with Gasteiger partial charge in [0.15, 0.2) is 11.5 Å². The number of ether oxygens (including phenoxy) is 2. The maximum Gasteiger partial charge on any atom is 0.169 e. The molecule has 0 heterocycles. The quantitative estimate of drug-likeness (QED) is 0.829. The predicted octanol–water partition coefficient (Wildman–Crippen LogP) is 3.92. The zero-order valence-electron chi connectivity index (χ0n) is 11.0. The van der Waals surface area contributed by atoms with Crippen molar-refractivity contribution >= 4 is 0 Å². The minimum absolute atomic E-state index is 0.612. The number of benzene rings is 2. The summed E-state index contributed by atoms with van der Waals surface area (Å²) < 4.78 is 11.1. The third-order valence-electron chi connectivity index (χ3n) is 2.85. The van der Waals surface area contributed by atoms with Gasteiger partial charge in [0, 0.05) is 0 Å². The molecule has 0 N–H and O–H groups in total. The van der Waals surface area contributed by atoms with Crippen molar-refractivity contribution in [2.45, 2.75) is 13.3 Å². The molecule has 0 saturated heterocycles. The van der Waals surface area contributed by atoms with Gasteiger partial charge >= 0.3 is 0 Å². The second-order valence-electron chi connectivity index (χ2n) is 4.08. The van der Waals surface area contributed by atoms with E-state index in [1.807, 2.05) is 18.2 Å². The molecule has 2 aromatic rings. The SMILES string of the molecule is CCc1ccc(Oc2ccc(C#N)cc2)c(OC)c1. The molecule has 96 valence electrons. The lowest BCUT2D eigenvalue weighted by Gasteiger charge is -2.11. The van der Waals surface area contributed by atoms with Gasteiger partial charge in [0.1, 0.15) is 5.75 Å². The molecule has 0 atom stereocenters. The number of methoxy groups -OCH3 is 1. The summed E-state index contributed by atoms with van der Waals surface area (Å²) in [5.41, 5.74) is 1.81. The molecule has 0 aliphatic rings. The fourth-order valence-electron chi connectivity index (χ4n) is 1.74. The zero-order valence-corrected chi connectivity index (χ0v) is 11.0. The molecule has 0 aromatic heterocycles. The van der Waals surface area contributed by atoms with Crippen molar-refractivity contribution in [1.82, 2.24) is 0 Å². The van der Waals surface area contributed by atoms with Gasteiger partial charge in [-0.15, -0.1) is 0 Å². The molecule has 3 heteroatoms. The van der Waals surface area contributed by atoms with E-state index in [1.54, 1.807) is 31.4 Å². The number of hydrogen-bond donors (Lipinski definition) is 0. The van der Waals surface area contributed by atoms with Crippen LogP contribution in [0.4, 0.5) is 0 Å². The van der Waals surface area contributed by atoms with Crippen LogP contribution in [0.3, 0.4) is 0 Å². The van der Waals surface area contributed by atoms with Crippen molar-refractivity contribution < 1.29 is 9.47 Å². The van der Waals surface area contributed by atoms with Crippen LogP contribution in [0.5, 0.6) is 17.2 Å². The summed E-state index contributed by atoms with van der Waals surface area (Å²) in [6.45, 7) is 2.09. The highest BCUT2D eigenvalue weighted by Crippen LogP contribution is 2.32. The van der Waals surface area contributed by atoms with Crippen LogP contribution in [-0.4, -0.2) is 7.11 Å². The molecule has 0 spiro atoms. The standard InChI is InChI=1S/C16H15NO2/c1-3-12-6-9-15(16(10-12)18-2)19-14-7-4-13(11-17)5-8-14/h4-10H,3H2,1-2H3. The fraction of sp³-hybridized carbons (Fsp3) is 0.188. The Hall–Kier alpha value is -2.47. The smallest absolute Gasteiger partial charge is 0.169 e. The summed E-state index contributed by atoms with van der Waals surface area (Å²) >= 11 is 0. The van der Waals surface area contributed by atoms with E-state index in [9.17, 15) is 0 Å². The van der Waals surface area contributed by atoms with Gasteiger partial charge in [-0.05, 0) is 48.4 Å². The van der Waals surface area contributed by atoms with Gasteiger partial charge in [-0.25, -0.2) is 0 Å². The monoisotopic (exact) mass is 253 g/mol. The maximum absolute atomic E-state index is 8.75. The summed E-state index contributed by atoms with van der Waals surface area (Å²) in [4.78, 5) is 0. The molecule has 3 nitrogen and oxygen atoms in total. The van der Waals surface area contributed by atoms with Crippen LogP contribution in [0, 0.1) is 11.3 Å². The topological polar surface area (TPSA) is 42.2 Å². The summed E-state index contributed by atoms with van der Waals surface area (Å²) in [5, 5.41) is 8.75. The Labute approximate surface area is 113 Å². The minimum atomic E-state index is 0.612. The molecule has 0 aliphatic carbocycles. The summed E-state index contributed by atoms with van der Waals surface area (Å²) in [5.74, 6) is 2.06. The third kappa shape index (κ3) is 3.05. The van der Waals surface area contributed by atoms with Crippen molar-refractivity contribution in [1.29, 1.82) is 5.26 Å². The molecule has 2 rings (SSSR count). The van der Waals surface area contributed by atoms with E-state index in [4.69, 9.17) is 14.7 Å². The molecule has 0 saturated carbocycles. The largest absolute Gasteiger partial charge is 0.493 e. The van der Waals surface area contributed by atoms with E-state index in [1.165, 1.54) is 5.56 Å². The molecule has 0 bridgehead atoms. The van der Waals surface area contributed by atoms with Gasteiger partial charge in [-0.2, -0.15) is 5.26 Å². The normalized spacial score (nSPS) is 9.74. The van der Waals surface area contributed by atoms with E-state index in [0.717, 1.165) is 6.42 Å². The van der Waals surface area contributed by atoms with Crippen LogP contribution in [0.25, 0.3) is 0 Å². The summed E-state index contributed by atoms with van der Waals surface area (Å²) in [6.07, 6.45) is 0.952. The molecule has 0 radical (unpaired) electrons. The Kier molecular flexibility index (Phi) is 4.04. The van der Waals surface area contributed by atoms with Crippen LogP contribution < -0.4 is 9.47 Å². The molecule has 2 aromatic carbocycles. The zero-order chi connectivity index (χ0) is 13.7. The van der Waals surface area contributed by atoms with Gasteiger partial charge in [0.2, 0.25) is 0 Å². The molecule has 0 unspecified atom stereocenters. The second-order valence-corrected chi connectivity index (χ2v) is 4.08. The lowest BCUT2D eigenvalue weighted by Crippen LogP contribution is -1.92.